The van der Waals surface area contributed by atoms with Gasteiger partial charge in [-0.25, -0.2) is 14.2 Å². The number of allylic oxidation sites excluding steroid dienone is 1. The Bertz CT molecular complexity index is 2060. The Morgan fingerprint density at radius 1 is 1.15 bits per heavy atom. The first-order chi connectivity index (χ1) is 23.1. The maximum atomic E-state index is 14.3. The number of nitriles is 1. The van der Waals surface area contributed by atoms with Crippen LogP contribution in [-0.4, -0.2) is 58.4 Å². The van der Waals surface area contributed by atoms with E-state index in [1.165, 1.54) is 28.2 Å². The third-order valence-corrected chi connectivity index (χ3v) is 10.4. The van der Waals surface area contributed by atoms with E-state index >= 15 is 0 Å². The van der Waals surface area contributed by atoms with Crippen LogP contribution in [0.3, 0.4) is 0 Å². The molecule has 2 N–H and O–H groups in total. The van der Waals surface area contributed by atoms with Crippen LogP contribution in [0, 0.1) is 22.6 Å². The van der Waals surface area contributed by atoms with Gasteiger partial charge in [-0.15, -0.1) is 11.3 Å². The number of pyridine rings is 1. The van der Waals surface area contributed by atoms with Gasteiger partial charge in [0.25, 0.3) is 0 Å². The molecular formula is C38H36FN5O3S. The fourth-order valence-corrected chi connectivity index (χ4v) is 7.80. The van der Waals surface area contributed by atoms with E-state index in [0.29, 0.717) is 30.0 Å². The normalized spacial score (nSPS) is 18.2. The molecule has 0 bridgehead atoms. The maximum absolute atomic E-state index is 14.3. The van der Waals surface area contributed by atoms with Crippen LogP contribution in [0.5, 0.6) is 5.75 Å². The van der Waals surface area contributed by atoms with Crippen LogP contribution in [0.15, 0.2) is 84.0 Å². The number of carboxylic acid groups (broad SMARTS) is 1. The number of fused-ring (bicyclic) bond motifs is 1. The molecule has 8 nitrogen and oxygen atoms in total. The summed E-state index contributed by atoms with van der Waals surface area (Å²) in [5, 5.41) is 21.8. The van der Waals surface area contributed by atoms with Crippen molar-refractivity contribution in [2.24, 2.45) is 5.41 Å². The molecule has 48 heavy (non-hydrogen) atoms. The summed E-state index contributed by atoms with van der Waals surface area (Å²) in [4.78, 5) is 25.0. The predicted octanol–water partition coefficient (Wildman–Crippen LogP) is 8.19. The largest absolute Gasteiger partial charge is 0.478 e. The van der Waals surface area contributed by atoms with Gasteiger partial charge in [0.15, 0.2) is 6.23 Å². The van der Waals surface area contributed by atoms with E-state index in [-0.39, 0.29) is 17.2 Å². The van der Waals surface area contributed by atoms with Gasteiger partial charge in [-0.05, 0) is 107 Å². The minimum absolute atomic E-state index is 0.159. The number of hydrogen-bond donors (Lipinski definition) is 2. The number of aromatic amines is 1. The first-order valence-corrected chi connectivity index (χ1v) is 17.0. The van der Waals surface area contributed by atoms with Gasteiger partial charge in [-0.1, -0.05) is 19.4 Å². The quantitative estimate of drug-likeness (QED) is 0.173. The number of carboxylic acids is 1. The van der Waals surface area contributed by atoms with Crippen molar-refractivity contribution < 1.29 is 19.0 Å². The minimum Gasteiger partial charge on any atom is -0.478 e. The lowest BCUT2D eigenvalue weighted by molar-refractivity contribution is 0.0697. The topological polar surface area (TPSA) is 105 Å². The summed E-state index contributed by atoms with van der Waals surface area (Å²) in [7, 11) is 0. The zero-order chi connectivity index (χ0) is 33.4. The molecule has 2 aliphatic rings. The van der Waals surface area contributed by atoms with Crippen molar-refractivity contribution in [3.8, 4) is 22.9 Å². The molecule has 1 unspecified atom stereocenters. The Morgan fingerprint density at radius 2 is 1.98 bits per heavy atom. The second kappa shape index (κ2) is 12.9. The van der Waals surface area contributed by atoms with Crippen LogP contribution in [-0.2, 0) is 0 Å². The van der Waals surface area contributed by atoms with Gasteiger partial charge in [-0.2, -0.15) is 5.26 Å². The first kappa shape index (κ1) is 31.6. The molecule has 1 aliphatic heterocycles. The summed E-state index contributed by atoms with van der Waals surface area (Å²) >= 11 is 1.68. The zero-order valence-corrected chi connectivity index (χ0v) is 27.7. The number of benzene rings is 2. The Balaban J connectivity index is 1.17. The molecule has 0 radical (unpaired) electrons. The number of halogens is 1. The summed E-state index contributed by atoms with van der Waals surface area (Å²) in [6, 6.07) is 19.6. The molecule has 0 amide bonds. The smallest absolute Gasteiger partial charge is 0.335 e. The molecule has 1 aliphatic carbocycles. The molecule has 5 aromatic rings. The highest BCUT2D eigenvalue weighted by Crippen LogP contribution is 2.45. The van der Waals surface area contributed by atoms with Gasteiger partial charge in [-0.3, -0.25) is 4.90 Å². The first-order valence-electron chi connectivity index (χ1n) is 16.1. The maximum Gasteiger partial charge on any atom is 0.335 e. The van der Waals surface area contributed by atoms with E-state index in [1.807, 2.05) is 30.5 Å². The number of rotatable bonds is 8. The Labute approximate surface area is 282 Å². The molecule has 0 spiro atoms. The number of H-pyrrole nitrogens is 1. The molecule has 10 heteroatoms. The standard InChI is InChI=1S/C38H36FN5O3S/c1-38(2)9-7-27(33(18-38)34-17-29(23-48-34)28-13-24(19-40)14-30(39)15-28)21-43-11-12-44(31-5-3-25(4-6-31)37(45)46)35(22-43)47-32-16-26-8-10-41-36(26)42-20-32/h3-6,8,10,13-17,20,23,35H,7,9,11-12,18,21-22H2,1-2H3,(H,41,42)(H,45,46). The lowest BCUT2D eigenvalue weighted by Gasteiger charge is -2.43. The highest BCUT2D eigenvalue weighted by Gasteiger charge is 2.33. The fraction of sp³-hybridized carbons (Fsp3) is 0.289. The number of hydrogen-bond acceptors (Lipinski definition) is 7. The number of aromatic nitrogens is 2. The van der Waals surface area contributed by atoms with Crippen molar-refractivity contribution in [2.75, 3.05) is 31.1 Å². The second-order valence-electron chi connectivity index (χ2n) is 13.4. The van der Waals surface area contributed by atoms with Crippen LogP contribution in [0.25, 0.3) is 27.7 Å². The lowest BCUT2D eigenvalue weighted by Crippen LogP contribution is -2.56. The van der Waals surface area contributed by atoms with Crippen LogP contribution >= 0.6 is 11.3 Å². The van der Waals surface area contributed by atoms with Crippen LogP contribution < -0.4 is 9.64 Å². The van der Waals surface area contributed by atoms with E-state index in [1.54, 1.807) is 35.7 Å². The molecule has 0 saturated carbocycles. The minimum atomic E-state index is -0.953. The third-order valence-electron chi connectivity index (χ3n) is 9.37. The molecule has 7 rings (SSSR count). The van der Waals surface area contributed by atoms with Crippen LogP contribution in [0.1, 0.15) is 53.9 Å². The highest BCUT2D eigenvalue weighted by molar-refractivity contribution is 7.11. The lowest BCUT2D eigenvalue weighted by atomic mass is 9.73. The number of ether oxygens (including phenoxy) is 1. The van der Waals surface area contributed by atoms with Crippen molar-refractivity contribution >= 4 is 39.6 Å². The third kappa shape index (κ3) is 6.70. The van der Waals surface area contributed by atoms with Gasteiger partial charge in [0.1, 0.15) is 17.2 Å². The molecule has 2 aromatic carbocycles. The van der Waals surface area contributed by atoms with E-state index in [9.17, 15) is 19.6 Å². The summed E-state index contributed by atoms with van der Waals surface area (Å²) in [6.45, 7) is 7.59. The second-order valence-corrected chi connectivity index (χ2v) is 14.3. The van der Waals surface area contributed by atoms with E-state index in [2.05, 4.69) is 51.1 Å². The van der Waals surface area contributed by atoms with Gasteiger partial charge in [0.2, 0.25) is 0 Å². The van der Waals surface area contributed by atoms with Crippen molar-refractivity contribution in [1.82, 2.24) is 14.9 Å². The van der Waals surface area contributed by atoms with E-state index in [0.717, 1.165) is 54.6 Å². The molecule has 1 fully saturated rings. The number of nitrogens with zero attached hydrogens (tertiary/aromatic N) is 4. The van der Waals surface area contributed by atoms with Crippen LogP contribution in [0.4, 0.5) is 10.1 Å². The van der Waals surface area contributed by atoms with E-state index in [4.69, 9.17) is 4.74 Å². The summed E-state index contributed by atoms with van der Waals surface area (Å²) in [6.07, 6.45) is 6.30. The predicted molar refractivity (Wildman–Crippen MR) is 187 cm³/mol. The Hall–Kier alpha value is -4.98. The monoisotopic (exact) mass is 661 g/mol. The molecule has 1 atom stereocenters. The molecule has 1 saturated heterocycles. The zero-order valence-electron chi connectivity index (χ0n) is 26.9. The van der Waals surface area contributed by atoms with Crippen molar-refractivity contribution in [1.29, 1.82) is 5.26 Å². The Kier molecular flexibility index (Phi) is 8.50. The van der Waals surface area contributed by atoms with Crippen molar-refractivity contribution in [3.63, 3.8) is 0 Å². The van der Waals surface area contributed by atoms with Gasteiger partial charge >= 0.3 is 5.97 Å². The summed E-state index contributed by atoms with van der Waals surface area (Å²) < 4.78 is 20.9. The highest BCUT2D eigenvalue weighted by atomic mass is 32.1. The number of carbonyl (C=O) groups is 1. The van der Waals surface area contributed by atoms with E-state index < -0.39 is 11.8 Å². The number of piperazine rings is 1. The molecule has 4 heterocycles. The van der Waals surface area contributed by atoms with Crippen molar-refractivity contribution in [2.45, 2.75) is 39.3 Å². The van der Waals surface area contributed by atoms with Gasteiger partial charge in [0, 0.05) is 41.8 Å². The number of anilines is 1. The van der Waals surface area contributed by atoms with Gasteiger partial charge < -0.3 is 19.7 Å². The summed E-state index contributed by atoms with van der Waals surface area (Å²) in [5.74, 6) is -0.693. The average molecular weight is 662 g/mol. The number of thiophene rings is 1. The SMILES string of the molecule is CC1(C)CCC(CN2CCN(c3ccc(C(=O)O)cc3)C(Oc3cnc4[nH]ccc4c3)C2)=C(c2cc(-c3cc(F)cc(C#N)c3)cs2)C1. The molecular weight excluding hydrogens is 626 g/mol. The molecule has 3 aromatic heterocycles. The average Bonchev–Trinajstić information content (AvgIpc) is 3.76. The Morgan fingerprint density at radius 3 is 2.77 bits per heavy atom. The fourth-order valence-electron chi connectivity index (χ4n) is 6.78. The molecule has 244 valence electrons. The number of nitrogens with one attached hydrogen (secondary N) is 1. The number of aromatic carboxylic acids is 1. The van der Waals surface area contributed by atoms with Gasteiger partial charge in [0.05, 0.1) is 29.9 Å². The summed E-state index contributed by atoms with van der Waals surface area (Å²) in [5.41, 5.74) is 6.82. The van der Waals surface area contributed by atoms with Crippen LogP contribution in [0.2, 0.25) is 0 Å². The van der Waals surface area contributed by atoms with Crippen molar-refractivity contribution in [3.05, 3.63) is 106 Å².